The molecule has 11 heteroatoms. The number of carbonyl (C=O) groups is 1. The fourth-order valence-corrected chi connectivity index (χ4v) is 4.15. The zero-order valence-electron chi connectivity index (χ0n) is 17.7. The summed E-state index contributed by atoms with van der Waals surface area (Å²) in [7, 11) is 1.58. The fourth-order valence-electron chi connectivity index (χ4n) is 3.66. The van der Waals surface area contributed by atoms with Gasteiger partial charge in [0.2, 0.25) is 0 Å². The number of halogens is 2. The maximum Gasteiger partial charge on any atom is 0.299 e. The molecule has 0 spiro atoms. The topological polar surface area (TPSA) is 103 Å². The van der Waals surface area contributed by atoms with Crippen molar-refractivity contribution < 1.29 is 9.53 Å². The minimum absolute atomic E-state index is 0.0311. The van der Waals surface area contributed by atoms with Gasteiger partial charge in [-0.15, -0.1) is 10.2 Å². The fraction of sp³-hybridized carbons (Fsp3) is 0.0870. The molecule has 170 valence electrons. The quantitative estimate of drug-likeness (QED) is 0.396. The molecule has 0 aliphatic rings. The van der Waals surface area contributed by atoms with Crippen LogP contribution in [-0.4, -0.2) is 37.5 Å². The van der Waals surface area contributed by atoms with E-state index in [0.29, 0.717) is 21.9 Å². The minimum Gasteiger partial charge on any atom is -0.378 e. The summed E-state index contributed by atoms with van der Waals surface area (Å²) >= 11 is 12.0. The maximum absolute atomic E-state index is 13.1. The number of hydrogen-bond acceptors (Lipinski definition) is 6. The van der Waals surface area contributed by atoms with Gasteiger partial charge in [0.05, 0.1) is 28.5 Å². The molecular weight excluding hydrogens is 479 g/mol. The average Bonchev–Trinajstić information content (AvgIpc) is 3.20. The molecule has 5 rings (SSSR count). The van der Waals surface area contributed by atoms with Crippen LogP contribution in [-0.2, 0) is 11.3 Å². The Morgan fingerprint density at radius 3 is 2.62 bits per heavy atom. The first-order valence-corrected chi connectivity index (χ1v) is 10.8. The Morgan fingerprint density at radius 2 is 1.88 bits per heavy atom. The Kier molecular flexibility index (Phi) is 5.74. The van der Waals surface area contributed by atoms with Crippen LogP contribution in [0.2, 0.25) is 10.0 Å². The summed E-state index contributed by atoms with van der Waals surface area (Å²) in [5.41, 5.74) is 5.39. The van der Waals surface area contributed by atoms with Gasteiger partial charge in [-0.1, -0.05) is 53.5 Å². The van der Waals surface area contributed by atoms with Gasteiger partial charge in [-0.3, -0.25) is 15.0 Å². The first-order valence-electron chi connectivity index (χ1n) is 10.1. The van der Waals surface area contributed by atoms with Gasteiger partial charge in [0.1, 0.15) is 5.52 Å². The van der Waals surface area contributed by atoms with Gasteiger partial charge in [-0.25, -0.2) is 9.19 Å². The molecule has 3 aromatic heterocycles. The van der Waals surface area contributed by atoms with Gasteiger partial charge >= 0.3 is 0 Å². The summed E-state index contributed by atoms with van der Waals surface area (Å²) in [6.07, 6.45) is 1.42. The zero-order valence-corrected chi connectivity index (χ0v) is 19.2. The molecule has 0 atom stereocenters. The van der Waals surface area contributed by atoms with E-state index in [9.17, 15) is 9.59 Å². The molecule has 34 heavy (non-hydrogen) atoms. The summed E-state index contributed by atoms with van der Waals surface area (Å²) in [5, 5.41) is 13.6. The molecular formula is C23H16Cl2N6O3. The van der Waals surface area contributed by atoms with Gasteiger partial charge in [0.15, 0.2) is 11.2 Å². The predicted molar refractivity (Wildman–Crippen MR) is 129 cm³/mol. The maximum atomic E-state index is 13.1. The van der Waals surface area contributed by atoms with E-state index >= 15 is 0 Å². The molecule has 1 amide bonds. The summed E-state index contributed by atoms with van der Waals surface area (Å²) in [5.74, 6) is -0.579. The van der Waals surface area contributed by atoms with Crippen LogP contribution in [0.1, 0.15) is 16.1 Å². The summed E-state index contributed by atoms with van der Waals surface area (Å²) in [6.45, 7) is 0.254. The highest BCUT2D eigenvalue weighted by atomic mass is 35.5. The number of nitrogens with zero attached hydrogens (tertiary/aromatic N) is 5. The van der Waals surface area contributed by atoms with Gasteiger partial charge in [0.25, 0.3) is 11.5 Å². The third-order valence-electron chi connectivity index (χ3n) is 5.19. The first kappa shape index (κ1) is 22.0. The molecule has 5 aromatic rings. The van der Waals surface area contributed by atoms with E-state index in [2.05, 4.69) is 20.7 Å². The van der Waals surface area contributed by atoms with Crippen LogP contribution >= 0.6 is 23.2 Å². The van der Waals surface area contributed by atoms with E-state index in [1.165, 1.54) is 24.4 Å². The van der Waals surface area contributed by atoms with E-state index in [4.69, 9.17) is 27.9 Å². The van der Waals surface area contributed by atoms with E-state index in [0.717, 1.165) is 15.8 Å². The number of aromatic nitrogens is 5. The lowest BCUT2D eigenvalue weighted by atomic mass is 10.1. The van der Waals surface area contributed by atoms with Crippen molar-refractivity contribution in [1.82, 2.24) is 24.5 Å². The van der Waals surface area contributed by atoms with Crippen molar-refractivity contribution in [3.8, 4) is 11.1 Å². The molecule has 2 aromatic carbocycles. The second kappa shape index (κ2) is 8.86. The van der Waals surface area contributed by atoms with Crippen LogP contribution in [0.25, 0.3) is 27.8 Å². The van der Waals surface area contributed by atoms with Crippen molar-refractivity contribution in [2.24, 2.45) is 0 Å². The van der Waals surface area contributed by atoms with Gasteiger partial charge in [0, 0.05) is 18.3 Å². The van der Waals surface area contributed by atoms with Crippen LogP contribution in [0.3, 0.4) is 0 Å². The van der Waals surface area contributed by atoms with Crippen molar-refractivity contribution in [3.05, 3.63) is 92.5 Å². The number of amides is 1. The highest BCUT2D eigenvalue weighted by molar-refractivity contribution is 6.37. The number of rotatable bonds is 5. The zero-order chi connectivity index (χ0) is 23.8. The Morgan fingerprint density at radius 1 is 1.09 bits per heavy atom. The van der Waals surface area contributed by atoms with Crippen molar-refractivity contribution in [1.29, 1.82) is 0 Å². The number of ether oxygens (including phenoxy) is 1. The van der Waals surface area contributed by atoms with Gasteiger partial charge < -0.3 is 4.74 Å². The largest absolute Gasteiger partial charge is 0.378 e. The second-order valence-corrected chi connectivity index (χ2v) is 8.19. The molecule has 0 saturated heterocycles. The summed E-state index contributed by atoms with van der Waals surface area (Å²) in [6, 6.07) is 15.7. The van der Waals surface area contributed by atoms with Crippen LogP contribution in [0.4, 0.5) is 0 Å². The Balaban J connectivity index is 1.61. The lowest BCUT2D eigenvalue weighted by Crippen LogP contribution is -2.33. The van der Waals surface area contributed by atoms with E-state index < -0.39 is 11.5 Å². The SMILES string of the molecule is COCc1nn2c(nnc3c(=O)n(NC(=O)c4ccc(Cl)cc4Cl)ccc32)c1-c1ccccc1. The molecule has 3 heterocycles. The third-order valence-corrected chi connectivity index (χ3v) is 5.74. The highest BCUT2D eigenvalue weighted by Gasteiger charge is 2.20. The van der Waals surface area contributed by atoms with E-state index in [1.54, 1.807) is 17.7 Å². The molecule has 0 unspecified atom stereocenters. The summed E-state index contributed by atoms with van der Waals surface area (Å²) < 4.78 is 7.90. The molecule has 0 bridgehead atoms. The molecule has 9 nitrogen and oxygen atoms in total. The van der Waals surface area contributed by atoms with Crippen molar-refractivity contribution in [2.45, 2.75) is 6.61 Å². The number of benzene rings is 2. The van der Waals surface area contributed by atoms with E-state index in [-0.39, 0.29) is 22.7 Å². The van der Waals surface area contributed by atoms with Crippen LogP contribution < -0.4 is 11.0 Å². The Labute approximate surface area is 202 Å². The van der Waals surface area contributed by atoms with Crippen LogP contribution in [0, 0.1) is 0 Å². The predicted octanol–water partition coefficient (Wildman–Crippen LogP) is 3.94. The Hall–Kier alpha value is -3.79. The van der Waals surface area contributed by atoms with E-state index in [1.807, 2.05) is 30.3 Å². The lowest BCUT2D eigenvalue weighted by molar-refractivity contribution is 0.101. The smallest absolute Gasteiger partial charge is 0.299 e. The van der Waals surface area contributed by atoms with Crippen molar-refractivity contribution >= 4 is 45.8 Å². The normalized spacial score (nSPS) is 11.3. The standard InChI is InChI=1S/C23H16Cl2N6O3/c1-34-12-17-19(13-5-3-2-4-6-13)21-27-26-20-18(31(21)28-17)9-10-30(23(20)33)29-22(32)15-8-7-14(24)11-16(15)25/h2-11H,12H2,1H3,(H,29,32). The summed E-state index contributed by atoms with van der Waals surface area (Å²) in [4.78, 5) is 25.7. The monoisotopic (exact) mass is 494 g/mol. The van der Waals surface area contributed by atoms with Crippen LogP contribution in [0.15, 0.2) is 65.6 Å². The number of fused-ring (bicyclic) bond motifs is 3. The highest BCUT2D eigenvalue weighted by Crippen LogP contribution is 2.29. The Bertz CT molecular complexity index is 1610. The third kappa shape index (κ3) is 3.79. The molecule has 0 saturated carbocycles. The molecule has 0 fully saturated rings. The number of pyridine rings is 1. The lowest BCUT2D eigenvalue weighted by Gasteiger charge is -2.10. The molecule has 0 aliphatic carbocycles. The number of carbonyl (C=O) groups excluding carboxylic acids is 1. The van der Waals surface area contributed by atoms with Crippen molar-refractivity contribution in [2.75, 3.05) is 12.5 Å². The number of hydrogen-bond donors (Lipinski definition) is 1. The van der Waals surface area contributed by atoms with Crippen molar-refractivity contribution in [3.63, 3.8) is 0 Å². The van der Waals surface area contributed by atoms with Crippen LogP contribution in [0.5, 0.6) is 0 Å². The average molecular weight is 495 g/mol. The van der Waals surface area contributed by atoms with Gasteiger partial charge in [-0.05, 0) is 29.8 Å². The number of nitrogens with one attached hydrogen (secondary N) is 1. The molecule has 1 N–H and O–H groups in total. The molecule has 0 aliphatic heterocycles. The minimum atomic E-state index is -0.579. The van der Waals surface area contributed by atoms with Gasteiger partial charge in [-0.2, -0.15) is 5.10 Å². The second-order valence-electron chi connectivity index (χ2n) is 7.35. The number of methoxy groups -OCH3 is 1. The molecule has 0 radical (unpaired) electrons. The first-order chi connectivity index (χ1) is 16.5.